The highest BCUT2D eigenvalue weighted by Crippen LogP contribution is 2.15. The van der Waals surface area contributed by atoms with E-state index in [0.29, 0.717) is 0 Å². The first-order valence-electron chi connectivity index (χ1n) is 2.68. The normalized spacial score (nSPS) is 10.5. The summed E-state index contributed by atoms with van der Waals surface area (Å²) in [6, 6.07) is 0. The molecular formula is C5H4F2N2O2. The minimum atomic E-state index is -2.74. The van der Waals surface area contributed by atoms with Crippen LogP contribution in [0.2, 0.25) is 0 Å². The quantitative estimate of drug-likeness (QED) is 0.682. The zero-order valence-electron chi connectivity index (χ0n) is 5.21. The van der Waals surface area contributed by atoms with Crippen molar-refractivity contribution in [2.24, 2.45) is 0 Å². The number of hydrogen-bond donors (Lipinski definition) is 2. The van der Waals surface area contributed by atoms with Crippen molar-refractivity contribution in [3.8, 4) is 0 Å². The summed E-state index contributed by atoms with van der Waals surface area (Å²) in [5.41, 5.74) is -0.553. The molecule has 0 saturated carbocycles. The maximum absolute atomic E-state index is 11.8. The second-order valence-electron chi connectivity index (χ2n) is 1.78. The fourth-order valence-electron chi connectivity index (χ4n) is 0.557. The highest BCUT2D eigenvalue weighted by atomic mass is 19.3. The van der Waals surface area contributed by atoms with Gasteiger partial charge in [0.2, 0.25) is 5.82 Å². The van der Waals surface area contributed by atoms with Crippen molar-refractivity contribution in [2.75, 3.05) is 0 Å². The molecule has 0 aliphatic heterocycles. The van der Waals surface area contributed by atoms with Crippen LogP contribution in [-0.2, 0) is 0 Å². The Morgan fingerprint density at radius 2 is 2.36 bits per heavy atom. The van der Waals surface area contributed by atoms with E-state index in [1.54, 1.807) is 0 Å². The first-order valence-corrected chi connectivity index (χ1v) is 2.68. The number of carbonyl (C=O) groups is 1. The molecule has 0 saturated heterocycles. The van der Waals surface area contributed by atoms with Crippen LogP contribution in [0, 0.1) is 0 Å². The Kier molecular flexibility index (Phi) is 1.84. The Hall–Kier alpha value is -1.46. The van der Waals surface area contributed by atoms with Crippen molar-refractivity contribution in [3.63, 3.8) is 0 Å². The smallest absolute Gasteiger partial charge is 0.371 e. The van der Waals surface area contributed by atoms with Crippen molar-refractivity contribution in [3.05, 3.63) is 17.7 Å². The van der Waals surface area contributed by atoms with E-state index in [1.807, 2.05) is 0 Å². The van der Waals surface area contributed by atoms with E-state index in [4.69, 9.17) is 5.11 Å². The van der Waals surface area contributed by atoms with E-state index in [9.17, 15) is 13.6 Å². The number of aromatic nitrogens is 2. The van der Waals surface area contributed by atoms with Gasteiger partial charge in [0, 0.05) is 6.20 Å². The fourth-order valence-corrected chi connectivity index (χ4v) is 0.557. The summed E-state index contributed by atoms with van der Waals surface area (Å²) < 4.78 is 23.5. The van der Waals surface area contributed by atoms with Crippen LogP contribution in [0.15, 0.2) is 6.20 Å². The molecular weight excluding hydrogens is 158 g/mol. The third-order valence-corrected chi connectivity index (χ3v) is 1.02. The summed E-state index contributed by atoms with van der Waals surface area (Å²) in [5.74, 6) is -1.82. The number of nitrogens with zero attached hydrogens (tertiary/aromatic N) is 1. The molecule has 60 valence electrons. The first kappa shape index (κ1) is 7.64. The summed E-state index contributed by atoms with van der Waals surface area (Å²) in [5, 5.41) is 8.24. The number of alkyl halides is 2. The predicted octanol–water partition coefficient (Wildman–Crippen LogP) is 1.05. The molecule has 2 N–H and O–H groups in total. The number of rotatable bonds is 2. The third kappa shape index (κ3) is 1.51. The first-order chi connectivity index (χ1) is 5.11. The van der Waals surface area contributed by atoms with Gasteiger partial charge in [0.1, 0.15) is 5.69 Å². The fraction of sp³-hybridized carbons (Fsp3) is 0.200. The van der Waals surface area contributed by atoms with Gasteiger partial charge in [-0.05, 0) is 0 Å². The number of imidazole rings is 1. The van der Waals surface area contributed by atoms with Crippen LogP contribution in [-0.4, -0.2) is 21.0 Å². The average molecular weight is 162 g/mol. The molecule has 0 radical (unpaired) electrons. The molecule has 6 heteroatoms. The molecule has 1 rings (SSSR count). The van der Waals surface area contributed by atoms with E-state index in [-0.39, 0.29) is 0 Å². The van der Waals surface area contributed by atoms with Crippen molar-refractivity contribution >= 4 is 5.97 Å². The molecule has 1 aromatic heterocycles. The standard InChI is InChI=1S/C5H4F2N2O2/c6-3(7)2-1-8-4(9-2)5(10)11/h1,3H,(H,8,9)(H,10,11). The molecule has 0 bridgehead atoms. The van der Waals surface area contributed by atoms with Crippen LogP contribution >= 0.6 is 0 Å². The van der Waals surface area contributed by atoms with Crippen LogP contribution in [0.5, 0.6) is 0 Å². The van der Waals surface area contributed by atoms with Crippen molar-refractivity contribution in [1.29, 1.82) is 0 Å². The third-order valence-electron chi connectivity index (χ3n) is 1.02. The number of halogens is 2. The lowest BCUT2D eigenvalue weighted by Gasteiger charge is -1.87. The number of H-pyrrole nitrogens is 1. The minimum absolute atomic E-state index is 0.472. The van der Waals surface area contributed by atoms with Gasteiger partial charge in [-0.15, -0.1) is 0 Å². The van der Waals surface area contributed by atoms with Crippen molar-refractivity contribution < 1.29 is 18.7 Å². The average Bonchev–Trinajstić information content (AvgIpc) is 2.33. The predicted molar refractivity (Wildman–Crippen MR) is 30.5 cm³/mol. The molecule has 11 heavy (non-hydrogen) atoms. The second kappa shape index (κ2) is 2.65. The minimum Gasteiger partial charge on any atom is -0.475 e. The van der Waals surface area contributed by atoms with E-state index >= 15 is 0 Å². The number of carboxylic acids is 1. The molecule has 0 aliphatic rings. The Labute approximate surface area is 59.9 Å². The van der Waals surface area contributed by atoms with Crippen molar-refractivity contribution in [1.82, 2.24) is 9.97 Å². The van der Waals surface area contributed by atoms with Gasteiger partial charge in [-0.2, -0.15) is 0 Å². The maximum Gasteiger partial charge on any atom is 0.371 e. The Morgan fingerprint density at radius 3 is 2.64 bits per heavy atom. The monoisotopic (exact) mass is 162 g/mol. The summed E-state index contributed by atoms with van der Waals surface area (Å²) in [6.45, 7) is 0. The Balaban J connectivity index is 2.90. The summed E-state index contributed by atoms with van der Waals surface area (Å²) in [4.78, 5) is 15.3. The number of carboxylic acid groups (broad SMARTS) is 1. The molecule has 0 spiro atoms. The topological polar surface area (TPSA) is 66.0 Å². The highest BCUT2D eigenvalue weighted by Gasteiger charge is 2.14. The largest absolute Gasteiger partial charge is 0.475 e. The zero-order chi connectivity index (χ0) is 8.43. The maximum atomic E-state index is 11.8. The summed E-state index contributed by atoms with van der Waals surface area (Å²) >= 11 is 0. The Morgan fingerprint density at radius 1 is 1.73 bits per heavy atom. The lowest BCUT2D eigenvalue weighted by Crippen LogP contribution is -1.98. The molecule has 0 aliphatic carbocycles. The van der Waals surface area contributed by atoms with Crippen LogP contribution in [0.1, 0.15) is 22.7 Å². The van der Waals surface area contributed by atoms with Gasteiger partial charge >= 0.3 is 5.97 Å². The van der Waals surface area contributed by atoms with Gasteiger partial charge in [0.25, 0.3) is 6.43 Å². The lowest BCUT2D eigenvalue weighted by atomic mass is 10.5. The number of hydrogen-bond acceptors (Lipinski definition) is 2. The van der Waals surface area contributed by atoms with Crippen LogP contribution in [0.3, 0.4) is 0 Å². The number of aromatic amines is 1. The van der Waals surface area contributed by atoms with E-state index in [2.05, 4.69) is 9.97 Å². The SMILES string of the molecule is O=C(O)c1nc(C(F)F)c[nH]1. The van der Waals surface area contributed by atoms with Crippen LogP contribution in [0.25, 0.3) is 0 Å². The number of nitrogens with one attached hydrogen (secondary N) is 1. The van der Waals surface area contributed by atoms with Crippen LogP contribution in [0.4, 0.5) is 8.78 Å². The molecule has 0 fully saturated rings. The molecule has 1 heterocycles. The van der Waals surface area contributed by atoms with Gasteiger partial charge in [-0.3, -0.25) is 0 Å². The summed E-state index contributed by atoms with van der Waals surface area (Å²) in [7, 11) is 0. The molecule has 0 amide bonds. The van der Waals surface area contributed by atoms with Gasteiger partial charge in [0.05, 0.1) is 0 Å². The van der Waals surface area contributed by atoms with Crippen LogP contribution < -0.4 is 0 Å². The molecule has 0 atom stereocenters. The molecule has 0 unspecified atom stereocenters. The molecule has 0 aromatic carbocycles. The number of aromatic carboxylic acids is 1. The van der Waals surface area contributed by atoms with Gasteiger partial charge < -0.3 is 10.1 Å². The van der Waals surface area contributed by atoms with E-state index < -0.39 is 23.9 Å². The van der Waals surface area contributed by atoms with Crippen molar-refractivity contribution in [2.45, 2.75) is 6.43 Å². The van der Waals surface area contributed by atoms with Gasteiger partial charge in [-0.25, -0.2) is 18.6 Å². The molecule has 4 nitrogen and oxygen atoms in total. The second-order valence-corrected chi connectivity index (χ2v) is 1.78. The lowest BCUT2D eigenvalue weighted by molar-refractivity contribution is 0.0684. The van der Waals surface area contributed by atoms with Gasteiger partial charge in [0.15, 0.2) is 0 Å². The van der Waals surface area contributed by atoms with E-state index in [1.165, 1.54) is 0 Å². The van der Waals surface area contributed by atoms with E-state index in [0.717, 1.165) is 6.20 Å². The van der Waals surface area contributed by atoms with Gasteiger partial charge in [-0.1, -0.05) is 0 Å². The highest BCUT2D eigenvalue weighted by molar-refractivity contribution is 5.83. The Bertz CT molecular complexity index is 271. The summed E-state index contributed by atoms with van der Waals surface area (Å²) in [6.07, 6.45) is -1.87. The molecule has 1 aromatic rings. The zero-order valence-corrected chi connectivity index (χ0v) is 5.21.